The van der Waals surface area contributed by atoms with Crippen molar-refractivity contribution in [2.75, 3.05) is 27.2 Å². The van der Waals surface area contributed by atoms with E-state index in [2.05, 4.69) is 4.99 Å². The van der Waals surface area contributed by atoms with Crippen LogP contribution in [0.4, 0.5) is 0 Å². The zero-order valence-electron chi connectivity index (χ0n) is 18.0. The Morgan fingerprint density at radius 1 is 1.30 bits per heavy atom. The molecule has 0 aromatic heterocycles. The van der Waals surface area contributed by atoms with Crippen LogP contribution in [0.15, 0.2) is 15.6 Å². The molecule has 10 heteroatoms. The number of likely N-dealkylation sites (N-methyl/N-ethyl adjacent to an activating group) is 1. The number of fused-ring (bicyclic) bond motifs is 1. The number of carbonyl (C=O) groups excluding carboxylic acids is 2. The van der Waals surface area contributed by atoms with Gasteiger partial charge in [-0.15, -0.1) is 11.8 Å². The van der Waals surface area contributed by atoms with Crippen molar-refractivity contribution in [3.05, 3.63) is 10.6 Å². The van der Waals surface area contributed by atoms with E-state index < -0.39 is 24.0 Å². The first-order chi connectivity index (χ1) is 14.1. The van der Waals surface area contributed by atoms with Crippen molar-refractivity contribution in [2.45, 2.75) is 57.1 Å². The van der Waals surface area contributed by atoms with Gasteiger partial charge in [-0.05, 0) is 27.2 Å². The zero-order valence-corrected chi connectivity index (χ0v) is 18.8. The van der Waals surface area contributed by atoms with Crippen LogP contribution in [0.25, 0.3) is 0 Å². The molecule has 0 spiro atoms. The van der Waals surface area contributed by atoms with Gasteiger partial charge in [0, 0.05) is 38.5 Å². The van der Waals surface area contributed by atoms with Gasteiger partial charge in [0.15, 0.2) is 0 Å². The van der Waals surface area contributed by atoms with Crippen molar-refractivity contribution in [1.82, 2.24) is 14.7 Å². The lowest BCUT2D eigenvalue weighted by molar-refractivity contribution is -0.161. The summed E-state index contributed by atoms with van der Waals surface area (Å²) >= 11 is 1.38. The molecule has 5 atom stereocenters. The smallest absolute Gasteiger partial charge is 0.353 e. The summed E-state index contributed by atoms with van der Waals surface area (Å²) in [5, 5.41) is 19.5. The normalized spacial score (nSPS) is 28.8. The lowest BCUT2D eigenvalue weighted by Crippen LogP contribution is -2.61. The molecule has 1 unspecified atom stereocenters. The maximum Gasteiger partial charge on any atom is 0.353 e. The highest BCUT2D eigenvalue weighted by Gasteiger charge is 2.57. The number of amides is 2. The van der Waals surface area contributed by atoms with Crippen molar-refractivity contribution in [3.63, 3.8) is 0 Å². The number of aliphatic hydroxyl groups excluding tert-OH is 1. The van der Waals surface area contributed by atoms with E-state index in [0.29, 0.717) is 30.8 Å². The van der Waals surface area contributed by atoms with Gasteiger partial charge in [-0.2, -0.15) is 0 Å². The fourth-order valence-electron chi connectivity index (χ4n) is 4.52. The molecule has 2 N–H and O–H groups in total. The van der Waals surface area contributed by atoms with Crippen LogP contribution in [0, 0.1) is 5.92 Å². The quantitative estimate of drug-likeness (QED) is 0.560. The molecule has 1 fully saturated rings. The minimum Gasteiger partial charge on any atom is -0.477 e. The Morgan fingerprint density at radius 2 is 1.93 bits per heavy atom. The molecule has 30 heavy (non-hydrogen) atoms. The van der Waals surface area contributed by atoms with Gasteiger partial charge in [0.1, 0.15) is 17.6 Å². The second-order valence-electron chi connectivity index (χ2n) is 8.07. The van der Waals surface area contributed by atoms with Crippen molar-refractivity contribution in [3.8, 4) is 0 Å². The molecule has 0 saturated carbocycles. The summed E-state index contributed by atoms with van der Waals surface area (Å²) in [6.07, 6.45) is 0.0709. The molecule has 9 nitrogen and oxygen atoms in total. The Labute approximate surface area is 180 Å². The first kappa shape index (κ1) is 22.6. The number of β-lactam (4-membered cyclic amide) rings is 1. The summed E-state index contributed by atoms with van der Waals surface area (Å²) < 4.78 is 0. The summed E-state index contributed by atoms with van der Waals surface area (Å²) in [6, 6.07) is -0.806. The lowest BCUT2D eigenvalue weighted by Gasteiger charge is -2.44. The van der Waals surface area contributed by atoms with E-state index in [4.69, 9.17) is 0 Å². The lowest BCUT2D eigenvalue weighted by atomic mass is 9.83. The average molecular weight is 439 g/mol. The third-order valence-electron chi connectivity index (χ3n) is 6.01. The predicted octanol–water partition coefficient (Wildman–Crippen LogP) is 0.597. The number of carboxylic acids is 1. The fourth-order valence-corrected chi connectivity index (χ4v) is 6.08. The molecule has 3 aliphatic heterocycles. The number of aliphatic hydroxyl groups is 1. The van der Waals surface area contributed by atoms with Crippen molar-refractivity contribution < 1.29 is 24.6 Å². The number of carbonyl (C=O) groups is 3. The number of thioether (sulfide) groups is 1. The summed E-state index contributed by atoms with van der Waals surface area (Å²) in [5.74, 6) is -1.33. The van der Waals surface area contributed by atoms with E-state index in [-0.39, 0.29) is 28.8 Å². The number of carboxylic acid groups (broad SMARTS) is 1. The van der Waals surface area contributed by atoms with Crippen LogP contribution in [-0.2, 0) is 14.4 Å². The molecule has 0 aromatic rings. The molecule has 1 saturated heterocycles. The summed E-state index contributed by atoms with van der Waals surface area (Å²) in [5.41, 5.74) is 0.00326. The van der Waals surface area contributed by atoms with Crippen molar-refractivity contribution >= 4 is 35.4 Å². The highest BCUT2D eigenvalue weighted by Crippen LogP contribution is 2.49. The van der Waals surface area contributed by atoms with Crippen LogP contribution >= 0.6 is 11.8 Å². The minimum absolute atomic E-state index is 0.00326. The number of amidine groups is 1. The van der Waals surface area contributed by atoms with Gasteiger partial charge in [-0.3, -0.25) is 14.6 Å². The molecular formula is C20H30N4O5S. The van der Waals surface area contributed by atoms with Gasteiger partial charge >= 0.3 is 5.97 Å². The molecule has 166 valence electrons. The minimum atomic E-state index is -1.14. The van der Waals surface area contributed by atoms with Gasteiger partial charge in [0.2, 0.25) is 11.8 Å². The predicted molar refractivity (Wildman–Crippen MR) is 114 cm³/mol. The van der Waals surface area contributed by atoms with Gasteiger partial charge in [-0.25, -0.2) is 4.79 Å². The number of rotatable bonds is 7. The Kier molecular flexibility index (Phi) is 6.47. The van der Waals surface area contributed by atoms with Gasteiger partial charge < -0.3 is 24.9 Å². The molecule has 0 bridgehead atoms. The highest BCUT2D eigenvalue weighted by molar-refractivity contribution is 8.04. The monoisotopic (exact) mass is 438 g/mol. The topological polar surface area (TPSA) is 114 Å². The van der Waals surface area contributed by atoms with E-state index in [0.717, 1.165) is 5.84 Å². The van der Waals surface area contributed by atoms with Crippen LogP contribution in [0.5, 0.6) is 0 Å². The van der Waals surface area contributed by atoms with E-state index >= 15 is 0 Å². The first-order valence-electron chi connectivity index (χ1n) is 10.3. The van der Waals surface area contributed by atoms with Crippen LogP contribution in [0.3, 0.4) is 0 Å². The first-order valence-corrected chi connectivity index (χ1v) is 11.2. The third-order valence-corrected chi connectivity index (χ3v) is 7.34. The van der Waals surface area contributed by atoms with Crippen LogP contribution < -0.4 is 0 Å². The van der Waals surface area contributed by atoms with Crippen molar-refractivity contribution in [2.24, 2.45) is 10.9 Å². The van der Waals surface area contributed by atoms with E-state index in [1.807, 2.05) is 32.8 Å². The molecule has 0 aromatic carbocycles. The number of hydrogen-bond acceptors (Lipinski definition) is 7. The Balaban J connectivity index is 1.83. The number of aliphatic imine (C=N–C) groups is 1. The second-order valence-corrected chi connectivity index (χ2v) is 9.37. The van der Waals surface area contributed by atoms with E-state index in [9.17, 15) is 24.6 Å². The molecule has 0 radical (unpaired) electrons. The number of hydrogen-bond donors (Lipinski definition) is 2. The SMILES string of the molecule is CCN(CC)C(=O)[C@@H]1CC(SC2=C(C(=O)O)N3C(=O)[C@H]([C@@H](C)O)[C@H]3C2)C(N(C)C)=N1. The molecule has 3 rings (SSSR count). The van der Waals surface area contributed by atoms with Crippen molar-refractivity contribution in [1.29, 1.82) is 0 Å². The molecule has 2 amide bonds. The largest absolute Gasteiger partial charge is 0.477 e. The average Bonchev–Trinajstić information content (AvgIpc) is 3.22. The summed E-state index contributed by atoms with van der Waals surface area (Å²) in [6.45, 7) is 6.65. The molecule has 3 aliphatic rings. The van der Waals surface area contributed by atoms with Gasteiger partial charge in [0.05, 0.1) is 23.3 Å². The van der Waals surface area contributed by atoms with E-state index in [1.165, 1.54) is 16.7 Å². The van der Waals surface area contributed by atoms with E-state index in [1.54, 1.807) is 11.8 Å². The Bertz CT molecular complexity index is 805. The van der Waals surface area contributed by atoms with Gasteiger partial charge in [-0.1, -0.05) is 0 Å². The van der Waals surface area contributed by atoms with Gasteiger partial charge in [0.25, 0.3) is 0 Å². The molecular weight excluding hydrogens is 408 g/mol. The molecule has 3 heterocycles. The number of nitrogens with zero attached hydrogens (tertiary/aromatic N) is 4. The second kappa shape index (κ2) is 8.58. The number of aliphatic carboxylic acids is 1. The summed E-state index contributed by atoms with van der Waals surface area (Å²) in [7, 11) is 3.72. The highest BCUT2D eigenvalue weighted by atomic mass is 32.2. The Hall–Kier alpha value is -2.07. The zero-order chi connectivity index (χ0) is 22.3. The fraction of sp³-hybridized carbons (Fsp3) is 0.700. The third kappa shape index (κ3) is 3.71. The van der Waals surface area contributed by atoms with Crippen LogP contribution in [0.1, 0.15) is 33.6 Å². The van der Waals surface area contributed by atoms with Crippen LogP contribution in [-0.4, -0.2) is 99.2 Å². The standard InChI is InChI=1S/C20H30N4O5S/c1-6-23(7-2)18(26)11-8-14(17(21-11)22(4)5)30-13-9-12-15(10(3)25)19(27)24(12)16(13)20(28)29/h10-12,14-15,25H,6-9H2,1-5H3,(H,28,29)/t10-,11+,12-,14?,15-/m1/s1. The maximum atomic E-state index is 12.8. The summed E-state index contributed by atoms with van der Waals surface area (Å²) in [4.78, 5) is 47.3. The maximum absolute atomic E-state index is 12.8. The molecule has 0 aliphatic carbocycles. The Morgan fingerprint density at radius 3 is 2.43 bits per heavy atom. The van der Waals surface area contributed by atoms with Crippen LogP contribution in [0.2, 0.25) is 0 Å².